The van der Waals surface area contributed by atoms with E-state index in [0.717, 1.165) is 5.56 Å². The van der Waals surface area contributed by atoms with Gasteiger partial charge in [-0.15, -0.1) is 0 Å². The number of alkyl carbamates (subject to hydrolysis) is 1. The van der Waals surface area contributed by atoms with E-state index in [1.54, 1.807) is 97.0 Å². The Balaban J connectivity index is 1.83. The lowest BCUT2D eigenvalue weighted by molar-refractivity contribution is -0.178. The Hall–Kier alpha value is -5.37. The first-order valence-corrected chi connectivity index (χ1v) is 20.7. The van der Waals surface area contributed by atoms with Gasteiger partial charge in [0, 0.05) is 31.8 Å². The molecule has 3 N–H and O–H groups in total. The normalized spacial score (nSPS) is 20.4. The maximum Gasteiger partial charge on any atom is 0.407 e. The van der Waals surface area contributed by atoms with Crippen LogP contribution in [0.3, 0.4) is 0 Å². The Labute approximate surface area is 364 Å². The Bertz CT molecular complexity index is 1930. The summed E-state index contributed by atoms with van der Waals surface area (Å²) in [7, 11) is 1.49. The van der Waals surface area contributed by atoms with Crippen LogP contribution in [-0.4, -0.2) is 79.9 Å². The average molecular weight is 868 g/mol. The Morgan fingerprint density at radius 1 is 1.00 bits per heavy atom. The number of carbonyl (C=O) groups is 6. The molecule has 14 nitrogen and oxygen atoms in total. The molecule has 3 rings (SSSR count). The molecular formula is C46H62ClN3O11. The first-order chi connectivity index (χ1) is 28.4. The minimum Gasteiger partial charge on any atom is -0.495 e. The molecule has 0 unspecified atom stereocenters. The van der Waals surface area contributed by atoms with Crippen LogP contribution in [0.1, 0.15) is 93.2 Å². The second-order valence-corrected chi connectivity index (χ2v) is 18.3. The number of esters is 3. The molecule has 0 bridgehead atoms. The summed E-state index contributed by atoms with van der Waals surface area (Å²) in [5, 5.41) is 8.46. The van der Waals surface area contributed by atoms with E-state index in [1.807, 2.05) is 32.9 Å². The molecule has 3 amide bonds. The molecule has 0 spiro atoms. The average Bonchev–Trinajstić information content (AvgIpc) is 3.16. The van der Waals surface area contributed by atoms with E-state index in [1.165, 1.54) is 13.2 Å². The predicted octanol–water partition coefficient (Wildman–Crippen LogP) is 7.15. The van der Waals surface area contributed by atoms with Crippen LogP contribution in [0.2, 0.25) is 5.02 Å². The monoisotopic (exact) mass is 867 g/mol. The summed E-state index contributed by atoms with van der Waals surface area (Å²) < 4.78 is 27.9. The number of ether oxygens (including phenoxy) is 5. The molecular weight excluding hydrogens is 806 g/mol. The van der Waals surface area contributed by atoms with Gasteiger partial charge >= 0.3 is 24.0 Å². The van der Waals surface area contributed by atoms with Crippen molar-refractivity contribution in [1.82, 2.24) is 16.0 Å². The summed E-state index contributed by atoms with van der Waals surface area (Å²) in [6.07, 6.45) is 4.25. The number of halogens is 1. The van der Waals surface area contributed by atoms with Gasteiger partial charge in [0.25, 0.3) is 0 Å². The maximum atomic E-state index is 13.7. The van der Waals surface area contributed by atoms with Gasteiger partial charge in [0.2, 0.25) is 11.8 Å². The van der Waals surface area contributed by atoms with Crippen LogP contribution in [0, 0.1) is 22.7 Å². The van der Waals surface area contributed by atoms with E-state index in [2.05, 4.69) is 16.0 Å². The van der Waals surface area contributed by atoms with Crippen LogP contribution < -0.4 is 25.4 Å². The second kappa shape index (κ2) is 21.9. The van der Waals surface area contributed by atoms with Crippen molar-refractivity contribution < 1.29 is 52.5 Å². The highest BCUT2D eigenvalue weighted by Gasteiger charge is 2.37. The SMILES string of the molecule is COc1ccc(C[C@H]2NC(=O)/C=C/C[C@@H]([C@H](C)/C=C/c3ccc(OC(=O)C(C)(C)CNC(=O)OC(C)(C)C)cc3)OC(=O)[C@H](CC(C)C)OC(=O)C(C)(C)CNC2=O)cc1Cl. The summed E-state index contributed by atoms with van der Waals surface area (Å²) in [5.74, 6) is -2.75. The third-order valence-corrected chi connectivity index (χ3v) is 9.84. The van der Waals surface area contributed by atoms with E-state index >= 15 is 0 Å². The fraction of sp³-hybridized carbons (Fsp3) is 0.522. The lowest BCUT2D eigenvalue weighted by Crippen LogP contribution is -2.51. The van der Waals surface area contributed by atoms with Crippen molar-refractivity contribution in [2.45, 2.75) is 112 Å². The zero-order valence-corrected chi connectivity index (χ0v) is 37.9. The molecule has 1 aliphatic heterocycles. The first kappa shape index (κ1) is 50.0. The molecule has 1 aliphatic rings. The molecule has 2 aromatic carbocycles. The van der Waals surface area contributed by atoms with Crippen molar-refractivity contribution >= 4 is 53.5 Å². The van der Waals surface area contributed by atoms with Gasteiger partial charge < -0.3 is 39.6 Å². The Morgan fingerprint density at radius 3 is 2.28 bits per heavy atom. The number of nitrogens with one attached hydrogen (secondary N) is 3. The standard InChI is InChI=1S/C46H62ClN3O11/c1-28(2)23-37-40(53)59-35(29(3)15-16-30-17-20-32(21-18-30)58-41(54)46(9,10)27-49-43(56)61-44(4,5)6)13-12-14-38(51)50-34(25-31-19-22-36(57-11)33(47)24-31)39(52)48-26-45(7,8)42(55)60-37/h12,14-22,24,28-29,34-35,37H,13,23,25-27H2,1-11H3,(H,48,52)(H,49,56)(H,50,51)/b14-12+,16-15+/t29-,34-,35+,37+/m1/s1. The highest BCUT2D eigenvalue weighted by molar-refractivity contribution is 6.32. The third-order valence-electron chi connectivity index (χ3n) is 9.54. The number of hydrogen-bond acceptors (Lipinski definition) is 11. The lowest BCUT2D eigenvalue weighted by atomic mass is 9.93. The van der Waals surface area contributed by atoms with Crippen molar-refractivity contribution in [2.24, 2.45) is 22.7 Å². The van der Waals surface area contributed by atoms with Crippen molar-refractivity contribution in [2.75, 3.05) is 20.2 Å². The fourth-order valence-corrected chi connectivity index (χ4v) is 6.06. The van der Waals surface area contributed by atoms with Crippen LogP contribution >= 0.6 is 11.6 Å². The predicted molar refractivity (Wildman–Crippen MR) is 232 cm³/mol. The van der Waals surface area contributed by atoms with E-state index in [4.69, 9.17) is 35.3 Å². The van der Waals surface area contributed by atoms with Crippen molar-refractivity contribution in [3.8, 4) is 11.5 Å². The second-order valence-electron chi connectivity index (χ2n) is 17.9. The molecule has 15 heteroatoms. The van der Waals surface area contributed by atoms with Crippen molar-refractivity contribution in [3.63, 3.8) is 0 Å². The number of methoxy groups -OCH3 is 1. The quantitative estimate of drug-likeness (QED) is 0.112. The van der Waals surface area contributed by atoms with Gasteiger partial charge in [-0.2, -0.15) is 0 Å². The smallest absolute Gasteiger partial charge is 0.407 e. The van der Waals surface area contributed by atoms with E-state index in [0.29, 0.717) is 22.1 Å². The Kier molecular flexibility index (Phi) is 18.0. The number of amides is 3. The van der Waals surface area contributed by atoms with Crippen LogP contribution in [0.25, 0.3) is 6.08 Å². The number of benzene rings is 2. The Morgan fingerprint density at radius 2 is 1.67 bits per heavy atom. The number of hydrogen-bond donors (Lipinski definition) is 3. The zero-order chi connectivity index (χ0) is 45.7. The molecule has 61 heavy (non-hydrogen) atoms. The fourth-order valence-electron chi connectivity index (χ4n) is 5.78. The van der Waals surface area contributed by atoms with Crippen molar-refractivity contribution in [3.05, 3.63) is 76.8 Å². The van der Waals surface area contributed by atoms with E-state index < -0.39 is 76.4 Å². The number of cyclic esters (lactones) is 2. The number of rotatable bonds is 12. The van der Waals surface area contributed by atoms with Crippen LogP contribution in [0.5, 0.6) is 11.5 Å². The van der Waals surface area contributed by atoms with Gasteiger partial charge in [0.15, 0.2) is 6.10 Å². The van der Waals surface area contributed by atoms with Crippen LogP contribution in [-0.2, 0) is 44.6 Å². The minimum absolute atomic E-state index is 0.00166. The third kappa shape index (κ3) is 16.5. The van der Waals surface area contributed by atoms with Crippen LogP contribution in [0.15, 0.2) is 60.7 Å². The molecule has 334 valence electrons. The van der Waals surface area contributed by atoms with Crippen LogP contribution in [0.4, 0.5) is 4.79 Å². The molecule has 0 fully saturated rings. The van der Waals surface area contributed by atoms with E-state index in [-0.39, 0.29) is 38.3 Å². The maximum absolute atomic E-state index is 13.7. The van der Waals surface area contributed by atoms with Gasteiger partial charge in [0.05, 0.1) is 23.0 Å². The minimum atomic E-state index is -1.25. The summed E-state index contributed by atoms with van der Waals surface area (Å²) in [6, 6.07) is 10.8. The summed E-state index contributed by atoms with van der Waals surface area (Å²) in [6.45, 7) is 17.2. The molecule has 0 saturated heterocycles. The highest BCUT2D eigenvalue weighted by atomic mass is 35.5. The molecule has 4 atom stereocenters. The zero-order valence-electron chi connectivity index (χ0n) is 37.1. The molecule has 0 aliphatic carbocycles. The molecule has 0 saturated carbocycles. The summed E-state index contributed by atoms with van der Waals surface area (Å²) in [4.78, 5) is 79.2. The molecule has 2 aromatic rings. The van der Waals surface area contributed by atoms with Gasteiger partial charge in [0.1, 0.15) is 29.2 Å². The number of carbonyl (C=O) groups excluding carboxylic acids is 6. The molecule has 0 radical (unpaired) electrons. The van der Waals surface area contributed by atoms with Gasteiger partial charge in [-0.25, -0.2) is 9.59 Å². The molecule has 1 heterocycles. The van der Waals surface area contributed by atoms with Gasteiger partial charge in [-0.05, 0) is 102 Å². The largest absolute Gasteiger partial charge is 0.495 e. The first-order valence-electron chi connectivity index (χ1n) is 20.3. The van der Waals surface area contributed by atoms with E-state index in [9.17, 15) is 28.8 Å². The summed E-state index contributed by atoms with van der Waals surface area (Å²) >= 11 is 6.34. The lowest BCUT2D eigenvalue weighted by Gasteiger charge is -2.29. The van der Waals surface area contributed by atoms with Gasteiger partial charge in [-0.3, -0.25) is 19.2 Å². The molecule has 0 aromatic heterocycles. The topological polar surface area (TPSA) is 185 Å². The van der Waals surface area contributed by atoms with Gasteiger partial charge in [-0.1, -0.05) is 68.8 Å². The van der Waals surface area contributed by atoms with Crippen molar-refractivity contribution in [1.29, 1.82) is 0 Å². The summed E-state index contributed by atoms with van der Waals surface area (Å²) in [5.41, 5.74) is -1.56. The highest BCUT2D eigenvalue weighted by Crippen LogP contribution is 2.27.